The lowest BCUT2D eigenvalue weighted by molar-refractivity contribution is 0.0985. The van der Waals surface area contributed by atoms with E-state index in [-0.39, 0.29) is 5.91 Å². The fraction of sp³-hybridized carbons (Fsp3) is 0.259. The summed E-state index contributed by atoms with van der Waals surface area (Å²) in [4.78, 5) is 20.3. The van der Waals surface area contributed by atoms with E-state index >= 15 is 0 Å². The van der Waals surface area contributed by atoms with Crippen LogP contribution in [0.25, 0.3) is 10.2 Å². The highest BCUT2D eigenvalue weighted by Crippen LogP contribution is 2.33. The third-order valence-electron chi connectivity index (χ3n) is 5.60. The van der Waals surface area contributed by atoms with Crippen molar-refractivity contribution in [2.24, 2.45) is 0 Å². The van der Waals surface area contributed by atoms with Crippen LogP contribution >= 0.6 is 11.3 Å². The first-order valence-electron chi connectivity index (χ1n) is 11.0. The van der Waals surface area contributed by atoms with Gasteiger partial charge in [0.1, 0.15) is 5.75 Å². The Morgan fingerprint density at radius 2 is 1.75 bits per heavy atom. The molecule has 1 heterocycles. The number of rotatable bonds is 8. The second-order valence-electron chi connectivity index (χ2n) is 7.95. The Hall–Kier alpha value is -3.18. The molecule has 1 amide bonds. The molecule has 0 aliphatic rings. The number of unbranched alkanes of at least 4 members (excludes halogenated alkanes) is 1. The van der Waals surface area contributed by atoms with Crippen LogP contribution in [0.15, 0.2) is 66.7 Å². The molecule has 4 nitrogen and oxygen atoms in total. The van der Waals surface area contributed by atoms with E-state index in [1.165, 1.54) is 5.56 Å². The number of hydrogen-bond acceptors (Lipinski definition) is 4. The fourth-order valence-corrected chi connectivity index (χ4v) is 4.53. The Morgan fingerprint density at radius 3 is 2.47 bits per heavy atom. The predicted molar refractivity (Wildman–Crippen MR) is 133 cm³/mol. The van der Waals surface area contributed by atoms with Crippen molar-refractivity contribution in [3.63, 3.8) is 0 Å². The van der Waals surface area contributed by atoms with E-state index in [1.807, 2.05) is 54.6 Å². The number of ether oxygens (including phenoxy) is 1. The molecule has 3 aromatic carbocycles. The van der Waals surface area contributed by atoms with Gasteiger partial charge in [0.25, 0.3) is 5.91 Å². The highest BCUT2D eigenvalue weighted by atomic mass is 32.1. The van der Waals surface area contributed by atoms with Crippen LogP contribution < -0.4 is 9.64 Å². The maximum absolute atomic E-state index is 13.6. The molecule has 1 aromatic heterocycles. The number of thiazole rings is 1. The summed E-state index contributed by atoms with van der Waals surface area (Å²) in [6, 6.07) is 21.7. The molecule has 164 valence electrons. The highest BCUT2D eigenvalue weighted by Gasteiger charge is 2.22. The summed E-state index contributed by atoms with van der Waals surface area (Å²) >= 11 is 1.56. The van der Waals surface area contributed by atoms with Crippen LogP contribution in [0.5, 0.6) is 5.75 Å². The molecule has 0 radical (unpaired) electrons. The van der Waals surface area contributed by atoms with Gasteiger partial charge in [-0.15, -0.1) is 0 Å². The standard InChI is InChI=1S/C27H28N2O2S/c1-4-5-17-31-23-14-12-22(13-15-23)26(30)29(18-21-9-7-6-8-10-21)27-28-25-20(3)19(2)11-16-24(25)32-27/h6-16H,4-5,17-18H2,1-3H3. The molecular weight excluding hydrogens is 416 g/mol. The molecule has 0 bridgehead atoms. The Kier molecular flexibility index (Phi) is 6.86. The van der Waals surface area contributed by atoms with E-state index in [2.05, 4.69) is 32.9 Å². The number of benzene rings is 3. The van der Waals surface area contributed by atoms with E-state index in [0.29, 0.717) is 23.8 Å². The maximum Gasteiger partial charge on any atom is 0.260 e. The molecule has 5 heteroatoms. The minimum absolute atomic E-state index is 0.0672. The van der Waals surface area contributed by atoms with E-state index in [4.69, 9.17) is 9.72 Å². The summed E-state index contributed by atoms with van der Waals surface area (Å²) in [6.45, 7) is 7.46. The van der Waals surface area contributed by atoms with E-state index < -0.39 is 0 Å². The van der Waals surface area contributed by atoms with Crippen LogP contribution in [0.4, 0.5) is 5.13 Å². The molecule has 0 saturated carbocycles. The Balaban J connectivity index is 1.66. The van der Waals surface area contributed by atoms with Crippen LogP contribution in [0.2, 0.25) is 0 Å². The summed E-state index contributed by atoms with van der Waals surface area (Å²) in [5.41, 5.74) is 5.01. The third kappa shape index (κ3) is 4.83. The van der Waals surface area contributed by atoms with Gasteiger partial charge in [-0.1, -0.05) is 61.1 Å². The van der Waals surface area contributed by atoms with E-state index in [1.54, 1.807) is 16.2 Å². The van der Waals surface area contributed by atoms with Crippen LogP contribution in [0.1, 0.15) is 46.8 Å². The Labute approximate surface area is 193 Å². The monoisotopic (exact) mass is 444 g/mol. The minimum Gasteiger partial charge on any atom is -0.494 e. The largest absolute Gasteiger partial charge is 0.494 e. The van der Waals surface area contributed by atoms with Crippen molar-refractivity contribution >= 4 is 32.6 Å². The zero-order valence-corrected chi connectivity index (χ0v) is 19.6. The van der Waals surface area contributed by atoms with Gasteiger partial charge in [-0.05, 0) is 67.3 Å². The van der Waals surface area contributed by atoms with Crippen molar-refractivity contribution in [1.82, 2.24) is 4.98 Å². The number of hydrogen-bond donors (Lipinski definition) is 0. The van der Waals surface area contributed by atoms with Crippen molar-refractivity contribution in [2.75, 3.05) is 11.5 Å². The first-order chi connectivity index (χ1) is 15.6. The first-order valence-corrected chi connectivity index (χ1v) is 11.8. The summed E-state index contributed by atoms with van der Waals surface area (Å²) in [5, 5.41) is 0.714. The quantitative estimate of drug-likeness (QED) is 0.276. The van der Waals surface area contributed by atoms with Crippen LogP contribution in [0.3, 0.4) is 0 Å². The van der Waals surface area contributed by atoms with Gasteiger partial charge in [0.05, 0.1) is 23.4 Å². The lowest BCUT2D eigenvalue weighted by Gasteiger charge is -2.20. The zero-order chi connectivity index (χ0) is 22.5. The average Bonchev–Trinajstić information content (AvgIpc) is 3.26. The molecule has 0 unspecified atom stereocenters. The molecule has 32 heavy (non-hydrogen) atoms. The van der Waals surface area contributed by atoms with Gasteiger partial charge in [-0.25, -0.2) is 4.98 Å². The molecule has 4 aromatic rings. The number of aryl methyl sites for hydroxylation is 2. The van der Waals surface area contributed by atoms with Gasteiger partial charge in [0, 0.05) is 5.56 Å². The highest BCUT2D eigenvalue weighted by molar-refractivity contribution is 7.22. The number of carbonyl (C=O) groups excluding carboxylic acids is 1. The smallest absolute Gasteiger partial charge is 0.260 e. The molecular formula is C27H28N2O2S. The van der Waals surface area contributed by atoms with E-state index in [0.717, 1.165) is 39.9 Å². The lowest BCUT2D eigenvalue weighted by atomic mass is 10.1. The van der Waals surface area contributed by atoms with Gasteiger partial charge in [0.15, 0.2) is 5.13 Å². The van der Waals surface area contributed by atoms with Crippen molar-refractivity contribution in [3.05, 3.63) is 89.0 Å². The van der Waals surface area contributed by atoms with Crippen molar-refractivity contribution in [3.8, 4) is 5.75 Å². The molecule has 0 spiro atoms. The molecule has 0 saturated heterocycles. The number of amides is 1. The van der Waals surface area contributed by atoms with Crippen LogP contribution in [-0.2, 0) is 6.54 Å². The minimum atomic E-state index is -0.0672. The lowest BCUT2D eigenvalue weighted by Crippen LogP contribution is -2.30. The average molecular weight is 445 g/mol. The number of fused-ring (bicyclic) bond motifs is 1. The van der Waals surface area contributed by atoms with Gasteiger partial charge in [-0.2, -0.15) is 0 Å². The number of aromatic nitrogens is 1. The summed E-state index contributed by atoms with van der Waals surface area (Å²) in [7, 11) is 0. The van der Waals surface area contributed by atoms with E-state index in [9.17, 15) is 4.79 Å². The predicted octanol–water partition coefficient (Wildman–Crippen LogP) is 6.94. The summed E-state index contributed by atoms with van der Waals surface area (Å²) in [5.74, 6) is 0.720. The van der Waals surface area contributed by atoms with Crippen LogP contribution in [-0.4, -0.2) is 17.5 Å². The van der Waals surface area contributed by atoms with Crippen molar-refractivity contribution < 1.29 is 9.53 Å². The second kappa shape index (κ2) is 9.96. The van der Waals surface area contributed by atoms with Gasteiger partial charge in [-0.3, -0.25) is 9.69 Å². The fourth-order valence-electron chi connectivity index (χ4n) is 3.51. The molecule has 0 aliphatic carbocycles. The SMILES string of the molecule is CCCCOc1ccc(C(=O)N(Cc2ccccc2)c2nc3c(C)c(C)ccc3s2)cc1. The summed E-state index contributed by atoms with van der Waals surface area (Å²) in [6.07, 6.45) is 2.11. The normalized spacial score (nSPS) is 11.0. The summed E-state index contributed by atoms with van der Waals surface area (Å²) < 4.78 is 6.84. The van der Waals surface area contributed by atoms with Crippen LogP contribution in [0, 0.1) is 13.8 Å². The van der Waals surface area contributed by atoms with Crippen molar-refractivity contribution in [2.45, 2.75) is 40.2 Å². The molecule has 0 fully saturated rings. The van der Waals surface area contributed by atoms with Gasteiger partial charge in [0.2, 0.25) is 0 Å². The molecule has 0 N–H and O–H groups in total. The van der Waals surface area contributed by atoms with Gasteiger partial charge >= 0.3 is 0 Å². The Bertz CT molecular complexity index is 1200. The number of nitrogens with zero attached hydrogens (tertiary/aromatic N) is 2. The molecule has 0 aliphatic heterocycles. The maximum atomic E-state index is 13.6. The zero-order valence-electron chi connectivity index (χ0n) is 18.8. The molecule has 0 atom stereocenters. The third-order valence-corrected chi connectivity index (χ3v) is 6.64. The molecule has 4 rings (SSSR count). The topological polar surface area (TPSA) is 42.4 Å². The van der Waals surface area contributed by atoms with Gasteiger partial charge < -0.3 is 4.74 Å². The first kappa shape index (κ1) is 22.0. The Morgan fingerprint density at radius 1 is 1.00 bits per heavy atom. The number of carbonyl (C=O) groups is 1. The number of anilines is 1. The second-order valence-corrected chi connectivity index (χ2v) is 8.96. The van der Waals surface area contributed by atoms with Crippen molar-refractivity contribution in [1.29, 1.82) is 0 Å².